The van der Waals surface area contributed by atoms with E-state index in [4.69, 9.17) is 18.9 Å². The molecule has 1 amide bonds. The van der Waals surface area contributed by atoms with E-state index in [1.165, 1.54) is 4.90 Å². The number of esters is 1. The standard InChI is InChI=1S/C49H77NO12/c1-6-7-8-9-10-11-12-13-17-35(2)43(53)34-44(54)36(3)20-23-40(52)33-45(37(4)32-39-21-24-41(25-22-39)60-31-30-59-29-27-51)62-48(57)42-19-14-15-26-50(42)47(56)46(55)49(58)38(5)18-16-28-61-49/h7-10,20,27,35,37-39,41-42,44-45,54,58H,6,11-19,21-26,28-34H2,1-5H3/b8-7+,10-9+,36-20+/t35?,37?,38?,39?,41?,42?,44?,45-,49?/m0/s1. The van der Waals surface area contributed by atoms with Gasteiger partial charge in [-0.25, -0.2) is 4.79 Å². The van der Waals surface area contributed by atoms with E-state index in [0.717, 1.165) is 57.8 Å². The summed E-state index contributed by atoms with van der Waals surface area (Å²) in [6.07, 6.45) is 20.2. The van der Waals surface area contributed by atoms with E-state index < -0.39 is 47.6 Å². The van der Waals surface area contributed by atoms with Crippen LogP contribution in [0, 0.1) is 23.7 Å². The highest BCUT2D eigenvalue weighted by Gasteiger charge is 2.51. The molecule has 350 valence electrons. The molecule has 2 N–H and O–H groups in total. The van der Waals surface area contributed by atoms with Crippen molar-refractivity contribution in [2.24, 2.45) is 23.7 Å². The zero-order chi connectivity index (χ0) is 45.5. The first-order valence-electron chi connectivity index (χ1n) is 23.5. The van der Waals surface area contributed by atoms with Crippen LogP contribution in [-0.4, -0.2) is 114 Å². The number of ketones is 3. The maximum atomic E-state index is 14.1. The van der Waals surface area contributed by atoms with E-state index in [1.54, 1.807) is 19.9 Å². The largest absolute Gasteiger partial charge is 0.460 e. The first-order chi connectivity index (χ1) is 29.7. The van der Waals surface area contributed by atoms with Crippen molar-refractivity contribution in [2.75, 3.05) is 33.0 Å². The van der Waals surface area contributed by atoms with Gasteiger partial charge in [0.25, 0.3) is 11.7 Å². The van der Waals surface area contributed by atoms with Gasteiger partial charge in [0, 0.05) is 37.6 Å². The molecule has 1 aliphatic carbocycles. The normalized spacial score (nSPS) is 25.6. The third-order valence-corrected chi connectivity index (χ3v) is 12.9. The zero-order valence-electron chi connectivity index (χ0n) is 38.3. The number of amides is 1. The highest BCUT2D eigenvalue weighted by atomic mass is 16.6. The van der Waals surface area contributed by atoms with Gasteiger partial charge in [0.1, 0.15) is 36.6 Å². The van der Waals surface area contributed by atoms with Crippen LogP contribution in [0.5, 0.6) is 0 Å². The number of piperidine rings is 1. The molecule has 0 spiro atoms. The van der Waals surface area contributed by atoms with Crippen molar-refractivity contribution in [2.45, 2.75) is 180 Å². The predicted octanol–water partition coefficient (Wildman–Crippen LogP) is 7.14. The molecule has 13 nitrogen and oxygen atoms in total. The number of aldehydes is 1. The molecule has 3 rings (SSSR count). The molecular formula is C49H77NO12. The Morgan fingerprint density at radius 3 is 2.39 bits per heavy atom. The van der Waals surface area contributed by atoms with Crippen molar-refractivity contribution < 1.29 is 57.9 Å². The number of ether oxygens (including phenoxy) is 4. The average molecular weight is 872 g/mol. The van der Waals surface area contributed by atoms with Crippen LogP contribution in [-0.2, 0) is 47.7 Å². The van der Waals surface area contributed by atoms with Crippen LogP contribution in [0.2, 0.25) is 0 Å². The maximum absolute atomic E-state index is 14.1. The molecule has 2 aliphatic heterocycles. The lowest BCUT2D eigenvalue weighted by atomic mass is 9.80. The van der Waals surface area contributed by atoms with E-state index in [1.807, 2.05) is 26.0 Å². The first-order valence-corrected chi connectivity index (χ1v) is 23.5. The van der Waals surface area contributed by atoms with Gasteiger partial charge in [0.05, 0.1) is 32.0 Å². The van der Waals surface area contributed by atoms with Crippen LogP contribution in [0.4, 0.5) is 0 Å². The smallest absolute Gasteiger partial charge is 0.329 e. The van der Waals surface area contributed by atoms with Crippen molar-refractivity contribution in [1.29, 1.82) is 0 Å². The summed E-state index contributed by atoms with van der Waals surface area (Å²) in [5.74, 6) is -5.93. The highest BCUT2D eigenvalue weighted by Crippen LogP contribution is 2.34. The second-order valence-corrected chi connectivity index (χ2v) is 17.9. The number of aliphatic hydroxyl groups excluding tert-OH is 1. The molecule has 13 heteroatoms. The number of aliphatic hydroxyl groups is 2. The molecule has 0 aromatic heterocycles. The summed E-state index contributed by atoms with van der Waals surface area (Å²) in [6, 6.07) is -1.06. The van der Waals surface area contributed by atoms with Gasteiger partial charge in [-0.2, -0.15) is 0 Å². The molecule has 0 radical (unpaired) electrons. The number of allylic oxidation sites excluding steroid dienone is 5. The monoisotopic (exact) mass is 872 g/mol. The number of hydrogen-bond acceptors (Lipinski definition) is 12. The van der Waals surface area contributed by atoms with Crippen LogP contribution in [0.1, 0.15) is 150 Å². The van der Waals surface area contributed by atoms with Gasteiger partial charge in [-0.1, -0.05) is 64.5 Å². The second-order valence-electron chi connectivity index (χ2n) is 17.9. The van der Waals surface area contributed by atoms with Crippen LogP contribution < -0.4 is 0 Å². The minimum absolute atomic E-state index is 0.0186. The predicted molar refractivity (Wildman–Crippen MR) is 236 cm³/mol. The lowest BCUT2D eigenvalue weighted by Crippen LogP contribution is -2.59. The summed E-state index contributed by atoms with van der Waals surface area (Å²) in [4.78, 5) is 79.5. The number of unbranched alkanes of at least 4 members (excludes halogenated alkanes) is 2. The molecule has 3 fully saturated rings. The summed E-state index contributed by atoms with van der Waals surface area (Å²) in [5, 5.41) is 22.0. The average Bonchev–Trinajstić information content (AvgIpc) is 3.26. The van der Waals surface area contributed by atoms with Crippen molar-refractivity contribution in [3.63, 3.8) is 0 Å². The van der Waals surface area contributed by atoms with Gasteiger partial charge in [0.2, 0.25) is 5.79 Å². The fourth-order valence-corrected chi connectivity index (χ4v) is 8.69. The third-order valence-electron chi connectivity index (χ3n) is 12.9. The Bertz CT molecular complexity index is 1520. The lowest BCUT2D eigenvalue weighted by molar-refractivity contribution is -0.241. The fraction of sp³-hybridized carbons (Fsp3) is 0.755. The molecule has 62 heavy (non-hydrogen) atoms. The van der Waals surface area contributed by atoms with Gasteiger partial charge in [-0.3, -0.25) is 19.2 Å². The summed E-state index contributed by atoms with van der Waals surface area (Å²) in [5.41, 5.74) is 0.527. The number of carbonyl (C=O) groups is 6. The fourth-order valence-electron chi connectivity index (χ4n) is 8.69. The van der Waals surface area contributed by atoms with Crippen molar-refractivity contribution in [1.82, 2.24) is 4.90 Å². The number of hydrogen-bond donors (Lipinski definition) is 2. The second kappa shape index (κ2) is 28.4. The first kappa shape index (κ1) is 53.0. The highest BCUT2D eigenvalue weighted by molar-refractivity contribution is 6.39. The molecule has 0 bridgehead atoms. The summed E-state index contributed by atoms with van der Waals surface area (Å²) >= 11 is 0. The number of likely N-dealkylation sites (tertiary alicyclic amines) is 1. The number of nitrogens with zero attached hydrogens (tertiary/aromatic N) is 1. The van der Waals surface area contributed by atoms with Crippen LogP contribution in [0.3, 0.4) is 0 Å². The Morgan fingerprint density at radius 2 is 1.68 bits per heavy atom. The van der Waals surface area contributed by atoms with Gasteiger partial charge in [-0.15, -0.1) is 0 Å². The van der Waals surface area contributed by atoms with Gasteiger partial charge in [-0.05, 0) is 114 Å². The molecule has 0 aromatic rings. The molecule has 2 heterocycles. The van der Waals surface area contributed by atoms with E-state index in [0.29, 0.717) is 63.1 Å². The Balaban J connectivity index is 1.64. The maximum Gasteiger partial charge on any atom is 0.329 e. The molecule has 3 aliphatic rings. The zero-order valence-corrected chi connectivity index (χ0v) is 38.3. The quantitative estimate of drug-likeness (QED) is 0.0203. The Kier molecular flexibility index (Phi) is 24.3. The lowest BCUT2D eigenvalue weighted by Gasteiger charge is -2.39. The number of Topliss-reactive ketones (excluding diaryl/α,β-unsaturated/α-hetero) is 3. The van der Waals surface area contributed by atoms with E-state index >= 15 is 0 Å². The molecule has 6 unspecified atom stereocenters. The minimum atomic E-state index is -2.26. The van der Waals surface area contributed by atoms with Crippen molar-refractivity contribution in [3.05, 3.63) is 36.0 Å². The SMILES string of the molecule is CC/C=C/C=C/CCCCC(C)C(=O)CC(O)/C(C)=C/CC(=O)C[C@H](OC(=O)C1CCCCN1C(=O)C(=O)C1(O)OCCCC1C)C(C)CC1CCC(OCCOCC=O)CC1. The van der Waals surface area contributed by atoms with E-state index in [-0.39, 0.29) is 74.9 Å². The molecule has 0 aromatic carbocycles. The summed E-state index contributed by atoms with van der Waals surface area (Å²) in [7, 11) is 0. The summed E-state index contributed by atoms with van der Waals surface area (Å²) in [6.45, 7) is 10.4. The van der Waals surface area contributed by atoms with Crippen LogP contribution in [0.25, 0.3) is 0 Å². The van der Waals surface area contributed by atoms with E-state index in [9.17, 15) is 39.0 Å². The summed E-state index contributed by atoms with van der Waals surface area (Å²) < 4.78 is 22.8. The third kappa shape index (κ3) is 17.7. The van der Waals surface area contributed by atoms with Gasteiger partial charge >= 0.3 is 5.97 Å². The van der Waals surface area contributed by atoms with Crippen molar-refractivity contribution in [3.8, 4) is 0 Å². The molecule has 2 saturated heterocycles. The minimum Gasteiger partial charge on any atom is -0.460 e. The van der Waals surface area contributed by atoms with Gasteiger partial charge in [0.15, 0.2) is 0 Å². The number of rotatable bonds is 28. The Hall–Kier alpha value is -3.36. The molecular weight excluding hydrogens is 795 g/mol. The van der Waals surface area contributed by atoms with Gasteiger partial charge < -0.3 is 38.9 Å². The van der Waals surface area contributed by atoms with Crippen LogP contribution in [0.15, 0.2) is 36.0 Å². The van der Waals surface area contributed by atoms with Crippen molar-refractivity contribution >= 4 is 35.5 Å². The Labute approximate surface area is 370 Å². The topological polar surface area (TPSA) is 183 Å². The number of carbonyl (C=O) groups excluding carboxylic acids is 6. The van der Waals surface area contributed by atoms with Crippen LogP contribution >= 0.6 is 0 Å². The Morgan fingerprint density at radius 1 is 0.935 bits per heavy atom. The molecule has 7 atom stereocenters. The van der Waals surface area contributed by atoms with E-state index in [2.05, 4.69) is 19.1 Å². The molecule has 1 saturated carbocycles.